The molecule has 0 aromatic heterocycles. The van der Waals surface area contributed by atoms with Crippen molar-refractivity contribution in [3.8, 4) is 11.1 Å². The van der Waals surface area contributed by atoms with Crippen LogP contribution in [0.3, 0.4) is 0 Å². The fraction of sp³-hybridized carbons (Fsp3) is 0.361. The van der Waals surface area contributed by atoms with Gasteiger partial charge in [0.25, 0.3) is 0 Å². The molecule has 216 valence electrons. The van der Waals surface area contributed by atoms with Crippen LogP contribution in [0.1, 0.15) is 57.2 Å². The second-order valence-corrected chi connectivity index (χ2v) is 12.0. The molecular weight excluding hydrogens is 524 g/mol. The molecule has 0 aliphatic carbocycles. The fourth-order valence-electron chi connectivity index (χ4n) is 5.85. The molecule has 0 radical (unpaired) electrons. The quantitative estimate of drug-likeness (QED) is 0.218. The third-order valence-corrected chi connectivity index (χ3v) is 8.63. The van der Waals surface area contributed by atoms with E-state index in [0.717, 1.165) is 49.4 Å². The van der Waals surface area contributed by atoms with Crippen molar-refractivity contribution in [2.45, 2.75) is 52.6 Å². The number of carbonyl (C=O) groups is 1. The van der Waals surface area contributed by atoms with Crippen molar-refractivity contribution in [3.05, 3.63) is 83.4 Å². The van der Waals surface area contributed by atoms with Gasteiger partial charge in [-0.25, -0.2) is 9.98 Å². The maximum atomic E-state index is 12.4. The topological polar surface area (TPSA) is 69.5 Å². The molecule has 0 fully saturated rings. The molecule has 4 aromatic rings. The third-order valence-electron chi connectivity index (χ3n) is 8.63. The number of hydrogen-bond donors (Lipinski definition) is 0. The summed E-state index contributed by atoms with van der Waals surface area (Å²) >= 11 is 0. The van der Waals surface area contributed by atoms with Gasteiger partial charge in [-0.05, 0) is 58.0 Å². The van der Waals surface area contributed by atoms with Gasteiger partial charge in [-0.15, -0.1) is 0 Å². The molecule has 6 rings (SSSR count). The van der Waals surface area contributed by atoms with E-state index in [1.54, 1.807) is 0 Å². The number of ether oxygens (including phenoxy) is 3. The first-order valence-corrected chi connectivity index (χ1v) is 14.8. The Morgan fingerprint density at radius 2 is 1.29 bits per heavy atom. The third kappa shape index (κ3) is 4.93. The van der Waals surface area contributed by atoms with E-state index in [4.69, 9.17) is 24.2 Å². The highest BCUT2D eigenvalue weighted by Gasteiger charge is 2.30. The fourth-order valence-corrected chi connectivity index (χ4v) is 5.85. The highest BCUT2D eigenvalue weighted by Crippen LogP contribution is 2.42. The van der Waals surface area contributed by atoms with Gasteiger partial charge in [-0.3, -0.25) is 4.79 Å². The second-order valence-electron chi connectivity index (χ2n) is 12.0. The van der Waals surface area contributed by atoms with E-state index >= 15 is 0 Å². The molecule has 0 saturated heterocycles. The van der Waals surface area contributed by atoms with Crippen LogP contribution in [0, 0.1) is 11.8 Å². The Bertz CT molecular complexity index is 1740. The Kier molecular flexibility index (Phi) is 7.48. The summed E-state index contributed by atoms with van der Waals surface area (Å²) in [5, 5.41) is 4.30. The van der Waals surface area contributed by atoms with E-state index in [1.807, 2.05) is 13.0 Å². The molecule has 0 saturated carbocycles. The molecule has 2 aliphatic heterocycles. The van der Waals surface area contributed by atoms with Gasteiger partial charge in [0.05, 0.1) is 25.1 Å². The Morgan fingerprint density at radius 1 is 0.738 bits per heavy atom. The van der Waals surface area contributed by atoms with Gasteiger partial charge >= 0.3 is 5.97 Å². The number of rotatable bonds is 7. The molecule has 2 aliphatic rings. The molecular formula is C36H38N2O4. The van der Waals surface area contributed by atoms with E-state index in [0.29, 0.717) is 36.8 Å². The largest absolute Gasteiger partial charge is 0.475 e. The minimum absolute atomic E-state index is 0.105. The standard InChI is InChI=1S/C36H38N2O4/c1-20(2)30-18-41-34(37-30)28-15-11-23-9-7-8-10-26(23)32(28)33-27-14-12-24(22(5)36(39)40-6)17-25(27)13-16-29(33)35-38-31(19-42-35)21(3)4/h7-17,20-22,30-31H,18-19H2,1-6H3/t22-,30+,31+/m0/s1. The highest BCUT2D eigenvalue weighted by molar-refractivity contribution is 6.19. The van der Waals surface area contributed by atoms with Crippen molar-refractivity contribution in [1.82, 2.24) is 0 Å². The number of benzene rings is 4. The summed E-state index contributed by atoms with van der Waals surface area (Å²) < 4.78 is 17.6. The zero-order chi connectivity index (χ0) is 29.5. The minimum atomic E-state index is -0.376. The molecule has 6 heteroatoms. The van der Waals surface area contributed by atoms with Crippen molar-refractivity contribution in [3.63, 3.8) is 0 Å². The lowest BCUT2D eigenvalue weighted by Crippen LogP contribution is -2.13. The molecule has 0 spiro atoms. The van der Waals surface area contributed by atoms with Gasteiger partial charge in [0.15, 0.2) is 0 Å². The van der Waals surface area contributed by atoms with Crippen LogP contribution < -0.4 is 0 Å². The molecule has 4 aromatic carbocycles. The first-order valence-electron chi connectivity index (χ1n) is 14.8. The van der Waals surface area contributed by atoms with E-state index in [1.165, 1.54) is 7.11 Å². The molecule has 42 heavy (non-hydrogen) atoms. The van der Waals surface area contributed by atoms with Crippen molar-refractivity contribution in [2.75, 3.05) is 20.3 Å². The predicted octanol–water partition coefficient (Wildman–Crippen LogP) is 7.54. The second kappa shape index (κ2) is 11.2. The maximum Gasteiger partial charge on any atom is 0.312 e. The number of methoxy groups -OCH3 is 1. The van der Waals surface area contributed by atoms with Crippen LogP contribution in [0.2, 0.25) is 0 Å². The van der Waals surface area contributed by atoms with Gasteiger partial charge < -0.3 is 14.2 Å². The number of nitrogens with zero attached hydrogens (tertiary/aromatic N) is 2. The summed E-state index contributed by atoms with van der Waals surface area (Å²) in [6.45, 7) is 11.7. The smallest absolute Gasteiger partial charge is 0.312 e. The number of aliphatic imine (C=N–C) groups is 2. The van der Waals surface area contributed by atoms with Gasteiger partial charge in [0.1, 0.15) is 13.2 Å². The highest BCUT2D eigenvalue weighted by atomic mass is 16.5. The Labute approximate surface area is 247 Å². The normalized spacial score (nSPS) is 19.1. The van der Waals surface area contributed by atoms with Gasteiger partial charge in [0, 0.05) is 22.3 Å². The number of fused-ring (bicyclic) bond motifs is 2. The van der Waals surface area contributed by atoms with E-state index in [2.05, 4.69) is 88.4 Å². The summed E-state index contributed by atoms with van der Waals surface area (Å²) in [5.41, 5.74) is 4.88. The predicted molar refractivity (Wildman–Crippen MR) is 170 cm³/mol. The zero-order valence-corrected chi connectivity index (χ0v) is 25.2. The van der Waals surface area contributed by atoms with Crippen LogP contribution in [0.5, 0.6) is 0 Å². The van der Waals surface area contributed by atoms with Crippen molar-refractivity contribution in [2.24, 2.45) is 21.8 Å². The van der Waals surface area contributed by atoms with Crippen LogP contribution in [0.4, 0.5) is 0 Å². The SMILES string of the molecule is COC(=O)[C@@H](C)c1ccc2c(-c3c(C4=N[C@@H](C(C)C)CO4)ccc4ccccc34)c(C3=N[C@@H](C(C)C)CO3)ccc2c1. The molecule has 3 atom stereocenters. The molecule has 0 amide bonds. The monoisotopic (exact) mass is 562 g/mol. The first-order chi connectivity index (χ1) is 20.3. The van der Waals surface area contributed by atoms with Gasteiger partial charge in [-0.2, -0.15) is 0 Å². The summed E-state index contributed by atoms with van der Waals surface area (Å²) in [4.78, 5) is 22.5. The summed E-state index contributed by atoms with van der Waals surface area (Å²) in [7, 11) is 1.43. The van der Waals surface area contributed by atoms with E-state index in [9.17, 15) is 4.79 Å². The summed E-state index contributed by atoms with van der Waals surface area (Å²) in [6.07, 6.45) is 0. The van der Waals surface area contributed by atoms with Crippen molar-refractivity contribution < 1.29 is 19.0 Å². The van der Waals surface area contributed by atoms with Crippen LogP contribution in [0.25, 0.3) is 32.7 Å². The molecule has 0 N–H and O–H groups in total. The van der Waals surface area contributed by atoms with Gasteiger partial charge in [-0.1, -0.05) is 82.3 Å². The maximum absolute atomic E-state index is 12.4. The van der Waals surface area contributed by atoms with E-state index < -0.39 is 0 Å². The van der Waals surface area contributed by atoms with Crippen LogP contribution in [-0.4, -0.2) is 50.2 Å². The summed E-state index contributed by atoms with van der Waals surface area (Å²) in [5.74, 6) is 1.44. The number of hydrogen-bond acceptors (Lipinski definition) is 6. The zero-order valence-electron chi connectivity index (χ0n) is 25.2. The van der Waals surface area contributed by atoms with Crippen LogP contribution in [0.15, 0.2) is 76.7 Å². The lowest BCUT2D eigenvalue weighted by atomic mass is 9.85. The molecule has 6 nitrogen and oxygen atoms in total. The van der Waals surface area contributed by atoms with Crippen molar-refractivity contribution in [1.29, 1.82) is 0 Å². The average Bonchev–Trinajstić information content (AvgIpc) is 3.70. The first kappa shape index (κ1) is 28.0. The van der Waals surface area contributed by atoms with Crippen LogP contribution in [-0.2, 0) is 19.0 Å². The molecule has 2 heterocycles. The average molecular weight is 563 g/mol. The molecule has 0 bridgehead atoms. The minimum Gasteiger partial charge on any atom is -0.475 e. The molecule has 0 unspecified atom stereocenters. The van der Waals surface area contributed by atoms with E-state index in [-0.39, 0.29) is 24.0 Å². The lowest BCUT2D eigenvalue weighted by molar-refractivity contribution is -0.141. The number of carbonyl (C=O) groups excluding carboxylic acids is 1. The van der Waals surface area contributed by atoms with Crippen molar-refractivity contribution >= 4 is 39.3 Å². The summed E-state index contributed by atoms with van der Waals surface area (Å²) in [6, 6.07) is 23.3. The Morgan fingerprint density at radius 3 is 1.83 bits per heavy atom. The number of esters is 1. The van der Waals surface area contributed by atoms with Crippen LogP contribution >= 0.6 is 0 Å². The lowest BCUT2D eigenvalue weighted by Gasteiger charge is -2.20. The Balaban J connectivity index is 1.66. The Hall–Kier alpha value is -4.19. The van der Waals surface area contributed by atoms with Gasteiger partial charge in [0.2, 0.25) is 11.8 Å².